The zero-order chi connectivity index (χ0) is 21.8. The van der Waals surface area contributed by atoms with E-state index in [9.17, 15) is 4.57 Å². The van der Waals surface area contributed by atoms with Crippen LogP contribution in [0.1, 0.15) is 0 Å². The predicted octanol–water partition coefficient (Wildman–Crippen LogP) is 6.40. The molecule has 6 nitrogen and oxygen atoms in total. The second-order valence-electron chi connectivity index (χ2n) is 6.92. The summed E-state index contributed by atoms with van der Waals surface area (Å²) in [7, 11) is -4.18. The summed E-state index contributed by atoms with van der Waals surface area (Å²) in [6, 6.07) is 34.5. The molecule has 1 aromatic heterocycles. The van der Waals surface area contributed by atoms with Crippen LogP contribution in [0.4, 0.5) is 0 Å². The standard InChI is InChI=1S/C25H19N2O4P/c28-32(29-21-14-6-2-7-15-21,30-22-16-8-3-9-17-22)31-27-24-19-11-10-18-23(24)26-25(27)20-12-4-1-5-13-20/h1-19H. The zero-order valence-corrected chi connectivity index (χ0v) is 17.8. The van der Waals surface area contributed by atoms with Gasteiger partial charge in [-0.05, 0) is 36.4 Å². The second-order valence-corrected chi connectivity index (χ2v) is 8.34. The van der Waals surface area contributed by atoms with Crippen LogP contribution in [0.5, 0.6) is 11.5 Å². The van der Waals surface area contributed by atoms with Crippen LogP contribution in [0.15, 0.2) is 115 Å². The molecule has 0 atom stereocenters. The maximum atomic E-state index is 13.9. The number of fused-ring (bicyclic) bond motifs is 1. The number of aromatic nitrogens is 2. The summed E-state index contributed by atoms with van der Waals surface area (Å²) in [6.07, 6.45) is 0. The Labute approximate surface area is 185 Å². The molecule has 0 amide bonds. The van der Waals surface area contributed by atoms with Crippen LogP contribution in [0.25, 0.3) is 22.4 Å². The van der Waals surface area contributed by atoms with Gasteiger partial charge in [-0.2, -0.15) is 9.30 Å². The first-order chi connectivity index (χ1) is 15.7. The van der Waals surface area contributed by atoms with Gasteiger partial charge >= 0.3 is 7.82 Å². The first kappa shape index (κ1) is 19.9. The van der Waals surface area contributed by atoms with Crippen LogP contribution in [-0.4, -0.2) is 9.71 Å². The van der Waals surface area contributed by atoms with Gasteiger partial charge < -0.3 is 9.05 Å². The number of imidazole rings is 1. The third kappa shape index (κ3) is 4.22. The Bertz CT molecular complexity index is 1330. The van der Waals surface area contributed by atoms with E-state index in [2.05, 4.69) is 4.98 Å². The van der Waals surface area contributed by atoms with Crippen LogP contribution < -0.4 is 13.7 Å². The molecule has 0 radical (unpaired) electrons. The molecular weight excluding hydrogens is 423 g/mol. The molecule has 32 heavy (non-hydrogen) atoms. The molecule has 1 heterocycles. The third-order valence-corrected chi connectivity index (χ3v) is 5.89. The molecule has 0 unspecified atom stereocenters. The molecule has 5 rings (SSSR count). The van der Waals surface area contributed by atoms with Crippen molar-refractivity contribution in [2.75, 3.05) is 0 Å². The fourth-order valence-corrected chi connectivity index (χ4v) is 4.46. The molecule has 0 fully saturated rings. The molecule has 7 heteroatoms. The minimum atomic E-state index is -4.18. The Kier molecular flexibility index (Phi) is 5.36. The summed E-state index contributed by atoms with van der Waals surface area (Å²) in [5, 5.41) is 0. The van der Waals surface area contributed by atoms with Gasteiger partial charge in [0.15, 0.2) is 5.82 Å². The molecule has 0 aliphatic rings. The Morgan fingerprint density at radius 3 is 1.72 bits per heavy atom. The lowest BCUT2D eigenvalue weighted by Gasteiger charge is -2.20. The SMILES string of the molecule is O=P(Oc1ccccc1)(Oc1ccccc1)On1c(-c2ccccc2)nc2ccccc21. The van der Waals surface area contributed by atoms with Crippen molar-refractivity contribution in [2.45, 2.75) is 0 Å². The monoisotopic (exact) mass is 442 g/mol. The van der Waals surface area contributed by atoms with Crippen molar-refractivity contribution in [3.8, 4) is 22.9 Å². The topological polar surface area (TPSA) is 62.6 Å². The summed E-state index contributed by atoms with van der Waals surface area (Å²) in [5.74, 6) is 1.20. The number of rotatable bonds is 7. The van der Waals surface area contributed by atoms with Gasteiger partial charge in [-0.1, -0.05) is 78.9 Å². The average Bonchev–Trinajstić information content (AvgIpc) is 3.19. The highest BCUT2D eigenvalue weighted by atomic mass is 31.2. The lowest BCUT2D eigenvalue weighted by molar-refractivity contribution is 0.198. The summed E-state index contributed by atoms with van der Waals surface area (Å²) in [4.78, 5) is 4.69. The quantitative estimate of drug-likeness (QED) is 0.273. The Morgan fingerprint density at radius 2 is 1.12 bits per heavy atom. The predicted molar refractivity (Wildman–Crippen MR) is 123 cm³/mol. The van der Waals surface area contributed by atoms with E-state index in [1.807, 2.05) is 66.7 Å². The van der Waals surface area contributed by atoms with Crippen LogP contribution >= 0.6 is 7.82 Å². The molecule has 5 aromatic rings. The molecule has 0 saturated heterocycles. The van der Waals surface area contributed by atoms with Crippen molar-refractivity contribution in [3.63, 3.8) is 0 Å². The maximum absolute atomic E-state index is 13.9. The van der Waals surface area contributed by atoms with Gasteiger partial charge in [0.1, 0.15) is 17.0 Å². The zero-order valence-electron chi connectivity index (χ0n) is 16.9. The largest absolute Gasteiger partial charge is 0.666 e. The van der Waals surface area contributed by atoms with Crippen LogP contribution in [0.2, 0.25) is 0 Å². The molecule has 158 valence electrons. The Morgan fingerprint density at radius 1 is 0.625 bits per heavy atom. The van der Waals surface area contributed by atoms with Crippen molar-refractivity contribution in [1.29, 1.82) is 0 Å². The first-order valence-corrected chi connectivity index (χ1v) is 11.5. The molecule has 4 aromatic carbocycles. The van der Waals surface area contributed by atoms with Crippen molar-refractivity contribution < 1.29 is 18.2 Å². The lowest BCUT2D eigenvalue weighted by Crippen LogP contribution is -2.17. The number of hydrogen-bond acceptors (Lipinski definition) is 5. The Hall–Kier alpha value is -4.02. The van der Waals surface area contributed by atoms with Gasteiger partial charge in [0.25, 0.3) is 0 Å². The fraction of sp³-hybridized carbons (Fsp3) is 0. The smallest absolute Gasteiger partial charge is 0.385 e. The fourth-order valence-electron chi connectivity index (χ4n) is 3.23. The summed E-state index contributed by atoms with van der Waals surface area (Å²) < 4.78 is 32.9. The van der Waals surface area contributed by atoms with Crippen molar-refractivity contribution in [3.05, 3.63) is 115 Å². The number of phosphoric ester groups is 1. The van der Waals surface area contributed by atoms with Gasteiger partial charge in [-0.15, -0.1) is 0 Å². The van der Waals surface area contributed by atoms with Crippen molar-refractivity contribution in [1.82, 2.24) is 9.71 Å². The van der Waals surface area contributed by atoms with E-state index in [0.29, 0.717) is 28.4 Å². The minimum Gasteiger partial charge on any atom is -0.385 e. The van der Waals surface area contributed by atoms with Crippen molar-refractivity contribution >= 4 is 18.9 Å². The number of hydrogen-bond donors (Lipinski definition) is 0. The molecular formula is C25H19N2O4P. The van der Waals surface area contributed by atoms with Crippen LogP contribution in [-0.2, 0) is 4.57 Å². The summed E-state index contributed by atoms with van der Waals surface area (Å²) in [5.41, 5.74) is 2.13. The third-order valence-electron chi connectivity index (χ3n) is 4.65. The van der Waals surface area contributed by atoms with Crippen molar-refractivity contribution in [2.24, 2.45) is 0 Å². The van der Waals surface area contributed by atoms with Gasteiger partial charge in [0.05, 0.1) is 5.52 Å². The molecule has 0 spiro atoms. The van der Waals surface area contributed by atoms with E-state index in [1.54, 1.807) is 48.5 Å². The lowest BCUT2D eigenvalue weighted by atomic mass is 10.2. The number of nitrogens with zero attached hydrogens (tertiary/aromatic N) is 2. The number of benzene rings is 4. The summed E-state index contributed by atoms with van der Waals surface area (Å²) >= 11 is 0. The van der Waals surface area contributed by atoms with E-state index in [-0.39, 0.29) is 0 Å². The number of phosphoric acid groups is 1. The highest BCUT2D eigenvalue weighted by Crippen LogP contribution is 2.47. The average molecular weight is 442 g/mol. The van der Waals surface area contributed by atoms with Gasteiger partial charge in [0.2, 0.25) is 0 Å². The van der Waals surface area contributed by atoms with E-state index in [4.69, 9.17) is 13.7 Å². The normalized spacial score (nSPS) is 11.2. The van der Waals surface area contributed by atoms with Crippen LogP contribution in [0, 0.1) is 0 Å². The van der Waals surface area contributed by atoms with E-state index < -0.39 is 7.82 Å². The number of para-hydroxylation sites is 4. The highest BCUT2D eigenvalue weighted by molar-refractivity contribution is 7.49. The molecule has 0 bridgehead atoms. The van der Waals surface area contributed by atoms with E-state index >= 15 is 0 Å². The minimum absolute atomic E-state index is 0.359. The van der Waals surface area contributed by atoms with Gasteiger partial charge in [-0.25, -0.2) is 4.98 Å². The maximum Gasteiger partial charge on any atom is 0.666 e. The van der Waals surface area contributed by atoms with E-state index in [1.165, 1.54) is 4.73 Å². The van der Waals surface area contributed by atoms with Crippen LogP contribution in [0.3, 0.4) is 0 Å². The highest BCUT2D eigenvalue weighted by Gasteiger charge is 2.35. The molecule has 0 N–H and O–H groups in total. The van der Waals surface area contributed by atoms with Gasteiger partial charge in [-0.3, -0.25) is 4.62 Å². The van der Waals surface area contributed by atoms with Gasteiger partial charge in [0, 0.05) is 5.56 Å². The molecule has 0 saturated carbocycles. The molecule has 0 aliphatic carbocycles. The first-order valence-electron chi connectivity index (χ1n) is 10.0. The van der Waals surface area contributed by atoms with E-state index in [0.717, 1.165) is 5.56 Å². The summed E-state index contributed by atoms with van der Waals surface area (Å²) in [6.45, 7) is 0. The molecule has 0 aliphatic heterocycles. The Balaban J connectivity index is 1.61. The second kappa shape index (κ2) is 8.61.